The fourth-order valence-corrected chi connectivity index (χ4v) is 1.98. The van der Waals surface area contributed by atoms with Crippen LogP contribution in [0.1, 0.15) is 19.8 Å². The predicted molar refractivity (Wildman–Crippen MR) is 76.0 cm³/mol. The summed E-state index contributed by atoms with van der Waals surface area (Å²) in [5.41, 5.74) is 1.48. The summed E-state index contributed by atoms with van der Waals surface area (Å²) < 4.78 is 1.72. The fraction of sp³-hybridized carbons (Fsp3) is 0.286. The number of rotatable bonds is 6. The minimum absolute atomic E-state index is 0.0197. The van der Waals surface area contributed by atoms with Gasteiger partial charge >= 0.3 is 5.97 Å². The average Bonchev–Trinajstić information content (AvgIpc) is 2.91. The molecule has 1 unspecified atom stereocenters. The van der Waals surface area contributed by atoms with E-state index in [-0.39, 0.29) is 24.7 Å². The van der Waals surface area contributed by atoms with Crippen molar-refractivity contribution in [1.82, 2.24) is 14.8 Å². The van der Waals surface area contributed by atoms with Crippen molar-refractivity contribution >= 4 is 17.6 Å². The number of amides is 1. The van der Waals surface area contributed by atoms with Crippen LogP contribution in [0.4, 0.5) is 5.69 Å². The topological polar surface area (TPSA) is 97.1 Å². The Morgan fingerprint density at radius 3 is 2.67 bits per heavy atom. The summed E-state index contributed by atoms with van der Waals surface area (Å²) in [6.45, 7) is 1.74. The van der Waals surface area contributed by atoms with Crippen LogP contribution in [0.2, 0.25) is 0 Å². The van der Waals surface area contributed by atoms with Crippen molar-refractivity contribution in [1.29, 1.82) is 0 Å². The highest BCUT2D eigenvalue weighted by Crippen LogP contribution is 2.15. The summed E-state index contributed by atoms with van der Waals surface area (Å²) in [7, 11) is 0. The van der Waals surface area contributed by atoms with Gasteiger partial charge in [-0.05, 0) is 24.1 Å². The van der Waals surface area contributed by atoms with Crippen LogP contribution in [0.5, 0.6) is 0 Å². The summed E-state index contributed by atoms with van der Waals surface area (Å²) >= 11 is 0. The summed E-state index contributed by atoms with van der Waals surface area (Å²) in [4.78, 5) is 22.4. The Labute approximate surface area is 121 Å². The highest BCUT2D eigenvalue weighted by molar-refractivity contribution is 5.91. The number of nitrogens with one attached hydrogen (secondary N) is 1. The van der Waals surface area contributed by atoms with E-state index >= 15 is 0 Å². The zero-order valence-electron chi connectivity index (χ0n) is 11.6. The maximum atomic E-state index is 11.9. The molecule has 2 rings (SSSR count). The van der Waals surface area contributed by atoms with Crippen LogP contribution < -0.4 is 5.32 Å². The summed E-state index contributed by atoms with van der Waals surface area (Å²) in [5, 5.41) is 18.9. The number of hydrogen-bond acceptors (Lipinski definition) is 4. The van der Waals surface area contributed by atoms with E-state index in [0.29, 0.717) is 5.69 Å². The number of aromatic nitrogens is 3. The van der Waals surface area contributed by atoms with Crippen LogP contribution >= 0.6 is 0 Å². The van der Waals surface area contributed by atoms with Gasteiger partial charge in [-0.1, -0.05) is 13.0 Å². The number of benzene rings is 1. The second-order valence-electron chi connectivity index (χ2n) is 4.87. The third kappa shape index (κ3) is 4.41. The zero-order valence-corrected chi connectivity index (χ0v) is 11.6. The van der Waals surface area contributed by atoms with Crippen molar-refractivity contribution in [3.05, 3.63) is 36.9 Å². The van der Waals surface area contributed by atoms with E-state index in [1.807, 2.05) is 12.1 Å². The molecule has 2 N–H and O–H groups in total. The van der Waals surface area contributed by atoms with E-state index in [1.165, 1.54) is 0 Å². The minimum Gasteiger partial charge on any atom is -0.481 e. The number of hydrogen-bond donors (Lipinski definition) is 2. The van der Waals surface area contributed by atoms with Gasteiger partial charge in [0.05, 0.1) is 5.69 Å². The number of carboxylic acid groups (broad SMARTS) is 1. The lowest BCUT2D eigenvalue weighted by Crippen LogP contribution is -2.17. The van der Waals surface area contributed by atoms with Crippen LogP contribution in [0.25, 0.3) is 5.69 Å². The van der Waals surface area contributed by atoms with Gasteiger partial charge in [-0.2, -0.15) is 0 Å². The molecule has 1 heterocycles. The van der Waals surface area contributed by atoms with Crippen LogP contribution in [-0.4, -0.2) is 31.7 Å². The van der Waals surface area contributed by atoms with Crippen molar-refractivity contribution in [3.63, 3.8) is 0 Å². The number of carbonyl (C=O) groups is 2. The van der Waals surface area contributed by atoms with E-state index < -0.39 is 5.97 Å². The van der Waals surface area contributed by atoms with Crippen LogP contribution in [0.15, 0.2) is 36.9 Å². The molecule has 2 aromatic rings. The van der Waals surface area contributed by atoms with Gasteiger partial charge in [0.2, 0.25) is 5.91 Å². The summed E-state index contributed by atoms with van der Waals surface area (Å²) in [5.74, 6) is -1.31. The lowest BCUT2D eigenvalue weighted by molar-refractivity contribution is -0.138. The van der Waals surface area contributed by atoms with Crippen LogP contribution in [0.3, 0.4) is 0 Å². The molecule has 1 aromatic carbocycles. The molecule has 0 aliphatic heterocycles. The maximum Gasteiger partial charge on any atom is 0.303 e. The van der Waals surface area contributed by atoms with Crippen molar-refractivity contribution in [3.8, 4) is 5.69 Å². The molecular weight excluding hydrogens is 272 g/mol. The first kappa shape index (κ1) is 14.7. The van der Waals surface area contributed by atoms with Gasteiger partial charge in [-0.25, -0.2) is 0 Å². The van der Waals surface area contributed by atoms with Crippen molar-refractivity contribution in [2.75, 3.05) is 5.32 Å². The first-order valence-electron chi connectivity index (χ1n) is 6.51. The molecule has 7 heteroatoms. The van der Waals surface area contributed by atoms with Crippen LogP contribution in [-0.2, 0) is 9.59 Å². The first-order valence-corrected chi connectivity index (χ1v) is 6.51. The Morgan fingerprint density at radius 1 is 1.29 bits per heavy atom. The van der Waals surface area contributed by atoms with Gasteiger partial charge in [0.1, 0.15) is 12.7 Å². The molecule has 0 radical (unpaired) electrons. The second-order valence-corrected chi connectivity index (χ2v) is 4.87. The molecule has 0 spiro atoms. The molecule has 0 aliphatic carbocycles. The predicted octanol–water partition coefficient (Wildman–Crippen LogP) is 1.71. The molecule has 21 heavy (non-hydrogen) atoms. The van der Waals surface area contributed by atoms with Crippen molar-refractivity contribution in [2.24, 2.45) is 5.92 Å². The monoisotopic (exact) mass is 288 g/mol. The normalized spacial score (nSPS) is 11.9. The van der Waals surface area contributed by atoms with Crippen LogP contribution in [0, 0.1) is 5.92 Å². The van der Waals surface area contributed by atoms with Gasteiger partial charge in [0, 0.05) is 18.5 Å². The second kappa shape index (κ2) is 6.65. The molecule has 0 fully saturated rings. The molecule has 0 saturated heterocycles. The lowest BCUT2D eigenvalue weighted by atomic mass is 10.0. The highest BCUT2D eigenvalue weighted by atomic mass is 16.4. The Bertz CT molecular complexity index is 625. The van der Waals surface area contributed by atoms with Gasteiger partial charge < -0.3 is 10.4 Å². The molecule has 0 saturated carbocycles. The van der Waals surface area contributed by atoms with Gasteiger partial charge in [-0.3, -0.25) is 14.2 Å². The van der Waals surface area contributed by atoms with Gasteiger partial charge in [0.25, 0.3) is 0 Å². The maximum absolute atomic E-state index is 11.9. The molecule has 7 nitrogen and oxygen atoms in total. The van der Waals surface area contributed by atoms with E-state index in [2.05, 4.69) is 15.5 Å². The third-order valence-corrected chi connectivity index (χ3v) is 2.90. The smallest absolute Gasteiger partial charge is 0.303 e. The number of aliphatic carboxylic acids is 1. The Kier molecular flexibility index (Phi) is 4.65. The SMILES string of the molecule is CC(CC(=O)O)CC(=O)Nc1cccc(-n2cnnc2)c1. The van der Waals surface area contributed by atoms with E-state index in [1.54, 1.807) is 36.3 Å². The first-order chi connectivity index (χ1) is 10.0. The number of anilines is 1. The summed E-state index contributed by atoms with van der Waals surface area (Å²) in [6, 6.07) is 7.24. The molecule has 1 amide bonds. The summed E-state index contributed by atoms with van der Waals surface area (Å²) in [6.07, 6.45) is 3.28. The Balaban J connectivity index is 1.98. The lowest BCUT2D eigenvalue weighted by Gasteiger charge is -2.10. The number of carbonyl (C=O) groups excluding carboxylic acids is 1. The quantitative estimate of drug-likeness (QED) is 0.843. The molecule has 0 bridgehead atoms. The van der Waals surface area contributed by atoms with E-state index in [0.717, 1.165) is 5.69 Å². The Hall–Kier alpha value is -2.70. The minimum atomic E-state index is -0.898. The van der Waals surface area contributed by atoms with Crippen molar-refractivity contribution in [2.45, 2.75) is 19.8 Å². The van der Waals surface area contributed by atoms with Gasteiger partial charge in [0.15, 0.2) is 0 Å². The standard InChI is InChI=1S/C14H16N4O3/c1-10(6-14(20)21)5-13(19)17-11-3-2-4-12(7-11)18-8-15-16-9-18/h2-4,7-10H,5-6H2,1H3,(H,17,19)(H,20,21). The average molecular weight is 288 g/mol. The third-order valence-electron chi connectivity index (χ3n) is 2.90. The molecule has 0 aliphatic rings. The number of nitrogens with zero attached hydrogens (tertiary/aromatic N) is 3. The highest BCUT2D eigenvalue weighted by Gasteiger charge is 2.12. The largest absolute Gasteiger partial charge is 0.481 e. The Morgan fingerprint density at radius 2 is 2.00 bits per heavy atom. The van der Waals surface area contributed by atoms with E-state index in [9.17, 15) is 9.59 Å². The molecule has 1 aromatic heterocycles. The molecule has 1 atom stereocenters. The fourth-order valence-electron chi connectivity index (χ4n) is 1.98. The zero-order chi connectivity index (χ0) is 15.2. The molecular formula is C14H16N4O3. The van der Waals surface area contributed by atoms with E-state index in [4.69, 9.17) is 5.11 Å². The molecule has 110 valence electrons. The van der Waals surface area contributed by atoms with Gasteiger partial charge in [-0.15, -0.1) is 10.2 Å². The number of carboxylic acids is 1. The van der Waals surface area contributed by atoms with Crippen molar-refractivity contribution < 1.29 is 14.7 Å².